The van der Waals surface area contributed by atoms with Crippen molar-refractivity contribution in [3.8, 4) is 5.75 Å². The number of ether oxygens (including phenoxy) is 1. The van der Waals surface area contributed by atoms with Gasteiger partial charge in [-0.15, -0.1) is 0 Å². The van der Waals surface area contributed by atoms with Crippen molar-refractivity contribution < 1.29 is 9.13 Å². The van der Waals surface area contributed by atoms with Gasteiger partial charge in [0.1, 0.15) is 0 Å². The zero-order valence-electron chi connectivity index (χ0n) is 12.6. The fourth-order valence-electron chi connectivity index (χ4n) is 3.19. The molecule has 0 heterocycles. The van der Waals surface area contributed by atoms with Crippen LogP contribution < -0.4 is 15.8 Å². The van der Waals surface area contributed by atoms with E-state index in [-0.39, 0.29) is 5.75 Å². The summed E-state index contributed by atoms with van der Waals surface area (Å²) in [4.78, 5) is 0. The summed E-state index contributed by atoms with van der Waals surface area (Å²) in [6.07, 6.45) is 4.91. The quantitative estimate of drug-likeness (QED) is 0.818. The first-order chi connectivity index (χ1) is 9.52. The predicted molar refractivity (Wildman–Crippen MR) is 81.6 cm³/mol. The van der Waals surface area contributed by atoms with Gasteiger partial charge in [-0.05, 0) is 24.7 Å². The van der Waals surface area contributed by atoms with E-state index >= 15 is 0 Å². The Bertz CT molecular complexity index is 462. The predicted octanol–water partition coefficient (Wildman–Crippen LogP) is 4.04. The smallest absolute Gasteiger partial charge is 0.167 e. The van der Waals surface area contributed by atoms with Crippen LogP contribution in [0.15, 0.2) is 12.1 Å². The molecule has 3 nitrogen and oxygen atoms in total. The maximum atomic E-state index is 13.6. The first kappa shape index (κ1) is 14.9. The van der Waals surface area contributed by atoms with Crippen LogP contribution in [0, 0.1) is 17.7 Å². The van der Waals surface area contributed by atoms with Gasteiger partial charge in [0.15, 0.2) is 11.6 Å². The van der Waals surface area contributed by atoms with Crippen molar-refractivity contribution >= 4 is 11.4 Å². The highest BCUT2D eigenvalue weighted by atomic mass is 19.1. The second kappa shape index (κ2) is 6.33. The van der Waals surface area contributed by atoms with Gasteiger partial charge in [0.05, 0.1) is 18.5 Å². The third-order valence-electron chi connectivity index (χ3n) is 4.34. The third kappa shape index (κ3) is 3.17. The van der Waals surface area contributed by atoms with E-state index in [0.717, 1.165) is 12.1 Å². The minimum Gasteiger partial charge on any atom is -0.494 e. The normalized spacial score (nSPS) is 22.9. The highest BCUT2D eigenvalue weighted by Crippen LogP contribution is 2.35. The second-order valence-electron chi connectivity index (χ2n) is 6.02. The molecule has 1 fully saturated rings. The van der Waals surface area contributed by atoms with Gasteiger partial charge in [-0.3, -0.25) is 0 Å². The van der Waals surface area contributed by atoms with E-state index < -0.39 is 5.82 Å². The summed E-state index contributed by atoms with van der Waals surface area (Å²) < 4.78 is 18.6. The standard InChI is InChI=1S/C16H25FN2O/c1-10(2)11-6-4-5-7-14(11)19-15-9-16(20-3)12(17)8-13(15)18/h8-11,14,19H,4-7,18H2,1-3H3. The number of anilines is 2. The van der Waals surface area contributed by atoms with E-state index in [1.54, 1.807) is 6.07 Å². The van der Waals surface area contributed by atoms with Crippen molar-refractivity contribution in [2.45, 2.75) is 45.6 Å². The van der Waals surface area contributed by atoms with Crippen LogP contribution >= 0.6 is 0 Å². The summed E-state index contributed by atoms with van der Waals surface area (Å²) in [5.74, 6) is 1.09. The molecule has 3 N–H and O–H groups in total. The van der Waals surface area contributed by atoms with Crippen LogP contribution in [0.1, 0.15) is 39.5 Å². The Hall–Kier alpha value is -1.45. The van der Waals surface area contributed by atoms with Gasteiger partial charge in [0.25, 0.3) is 0 Å². The summed E-state index contributed by atoms with van der Waals surface area (Å²) in [6.45, 7) is 4.53. The molecule has 1 saturated carbocycles. The molecule has 20 heavy (non-hydrogen) atoms. The molecular weight excluding hydrogens is 255 g/mol. The lowest BCUT2D eigenvalue weighted by molar-refractivity contribution is 0.254. The van der Waals surface area contributed by atoms with E-state index in [0.29, 0.717) is 23.6 Å². The van der Waals surface area contributed by atoms with Gasteiger partial charge in [0.2, 0.25) is 0 Å². The molecule has 1 aliphatic carbocycles. The first-order valence-corrected chi connectivity index (χ1v) is 7.42. The molecule has 1 aliphatic rings. The zero-order valence-corrected chi connectivity index (χ0v) is 12.6. The van der Waals surface area contributed by atoms with E-state index in [4.69, 9.17) is 10.5 Å². The molecule has 0 aromatic heterocycles. The van der Waals surface area contributed by atoms with Crippen LogP contribution in [-0.4, -0.2) is 13.2 Å². The van der Waals surface area contributed by atoms with Crippen LogP contribution in [0.5, 0.6) is 5.75 Å². The van der Waals surface area contributed by atoms with Crippen LogP contribution in [0.2, 0.25) is 0 Å². The van der Waals surface area contributed by atoms with Crippen molar-refractivity contribution in [1.82, 2.24) is 0 Å². The average Bonchev–Trinajstić information content (AvgIpc) is 2.42. The number of rotatable bonds is 4. The molecule has 4 heteroatoms. The molecule has 0 aliphatic heterocycles. The molecular formula is C16H25FN2O. The lowest BCUT2D eigenvalue weighted by Crippen LogP contribution is -2.35. The molecule has 112 valence electrons. The molecule has 2 atom stereocenters. The Labute approximate surface area is 120 Å². The number of methoxy groups -OCH3 is 1. The Kier molecular flexibility index (Phi) is 4.73. The number of nitrogens with one attached hydrogen (secondary N) is 1. The molecule has 2 unspecified atom stereocenters. The zero-order chi connectivity index (χ0) is 14.7. The number of halogens is 1. The molecule has 1 aromatic rings. The maximum absolute atomic E-state index is 13.6. The Balaban J connectivity index is 2.19. The number of nitrogen functional groups attached to an aromatic ring is 1. The number of benzene rings is 1. The number of hydrogen-bond acceptors (Lipinski definition) is 3. The Morgan fingerprint density at radius 3 is 2.65 bits per heavy atom. The molecule has 2 rings (SSSR count). The fraction of sp³-hybridized carbons (Fsp3) is 0.625. The van der Waals surface area contributed by atoms with Gasteiger partial charge < -0.3 is 15.8 Å². The van der Waals surface area contributed by atoms with E-state index in [9.17, 15) is 4.39 Å². The SMILES string of the molecule is COc1cc(NC2CCCCC2C(C)C)c(N)cc1F. The van der Waals surface area contributed by atoms with Crippen molar-refractivity contribution in [2.24, 2.45) is 11.8 Å². The topological polar surface area (TPSA) is 47.3 Å². The maximum Gasteiger partial charge on any atom is 0.167 e. The van der Waals surface area contributed by atoms with Crippen LogP contribution in [0.25, 0.3) is 0 Å². The van der Waals surface area contributed by atoms with Crippen molar-refractivity contribution in [3.05, 3.63) is 17.9 Å². The lowest BCUT2D eigenvalue weighted by Gasteiger charge is -2.35. The molecule has 0 bridgehead atoms. The lowest BCUT2D eigenvalue weighted by atomic mass is 9.77. The van der Waals surface area contributed by atoms with Crippen LogP contribution in [-0.2, 0) is 0 Å². The highest BCUT2D eigenvalue weighted by Gasteiger charge is 2.28. The van der Waals surface area contributed by atoms with Crippen molar-refractivity contribution in [2.75, 3.05) is 18.2 Å². The first-order valence-electron chi connectivity index (χ1n) is 7.42. The summed E-state index contributed by atoms with van der Waals surface area (Å²) in [5, 5.41) is 3.51. The Morgan fingerprint density at radius 2 is 2.00 bits per heavy atom. The molecule has 0 saturated heterocycles. The minimum atomic E-state index is -0.417. The molecule has 1 aromatic carbocycles. The van der Waals surface area contributed by atoms with E-state index in [1.165, 1.54) is 32.4 Å². The molecule has 0 radical (unpaired) electrons. The third-order valence-corrected chi connectivity index (χ3v) is 4.34. The fourth-order valence-corrected chi connectivity index (χ4v) is 3.19. The Morgan fingerprint density at radius 1 is 1.30 bits per heavy atom. The van der Waals surface area contributed by atoms with Crippen molar-refractivity contribution in [1.29, 1.82) is 0 Å². The van der Waals surface area contributed by atoms with Gasteiger partial charge in [-0.25, -0.2) is 4.39 Å². The van der Waals surface area contributed by atoms with Gasteiger partial charge in [-0.1, -0.05) is 26.7 Å². The number of nitrogens with two attached hydrogens (primary N) is 1. The van der Waals surface area contributed by atoms with E-state index in [1.807, 2.05) is 0 Å². The number of hydrogen-bond donors (Lipinski definition) is 2. The summed E-state index contributed by atoms with van der Waals surface area (Å²) in [7, 11) is 1.47. The van der Waals surface area contributed by atoms with Crippen LogP contribution in [0.3, 0.4) is 0 Å². The summed E-state index contributed by atoms with van der Waals surface area (Å²) in [5.41, 5.74) is 7.15. The van der Waals surface area contributed by atoms with E-state index in [2.05, 4.69) is 19.2 Å². The van der Waals surface area contributed by atoms with Crippen LogP contribution in [0.4, 0.5) is 15.8 Å². The second-order valence-corrected chi connectivity index (χ2v) is 6.02. The van der Waals surface area contributed by atoms with Crippen molar-refractivity contribution in [3.63, 3.8) is 0 Å². The highest BCUT2D eigenvalue weighted by molar-refractivity contribution is 5.69. The largest absolute Gasteiger partial charge is 0.494 e. The summed E-state index contributed by atoms with van der Waals surface area (Å²) >= 11 is 0. The summed E-state index contributed by atoms with van der Waals surface area (Å²) in [6, 6.07) is 3.40. The van der Waals surface area contributed by atoms with Gasteiger partial charge >= 0.3 is 0 Å². The average molecular weight is 280 g/mol. The molecule has 0 spiro atoms. The molecule has 0 amide bonds. The minimum absolute atomic E-state index is 0.235. The monoisotopic (exact) mass is 280 g/mol. The van der Waals surface area contributed by atoms with Gasteiger partial charge in [0, 0.05) is 18.2 Å². The van der Waals surface area contributed by atoms with Gasteiger partial charge in [-0.2, -0.15) is 0 Å².